The Bertz CT molecular complexity index is 417. The van der Waals surface area contributed by atoms with E-state index in [9.17, 15) is 0 Å². The maximum Gasteiger partial charge on any atom is 0.0409 e. The fourth-order valence-corrected chi connectivity index (χ4v) is 1.87. The number of hydrogen-bond acceptors (Lipinski definition) is 2. The number of hydrogen-bond donors (Lipinski definition) is 1. The predicted octanol–water partition coefficient (Wildman–Crippen LogP) is 3.64. The first-order valence-electron chi connectivity index (χ1n) is 5.01. The van der Waals surface area contributed by atoms with E-state index < -0.39 is 0 Å². The molecule has 0 aliphatic heterocycles. The van der Waals surface area contributed by atoms with Crippen molar-refractivity contribution in [1.82, 2.24) is 0 Å². The molecule has 2 N–H and O–H groups in total. The van der Waals surface area contributed by atoms with Gasteiger partial charge in [-0.15, -0.1) is 0 Å². The molecule has 2 nitrogen and oxygen atoms in total. The van der Waals surface area contributed by atoms with E-state index in [1.807, 2.05) is 31.3 Å². The zero-order chi connectivity index (χ0) is 11.5. The quantitative estimate of drug-likeness (QED) is 0.675. The van der Waals surface area contributed by atoms with E-state index in [1.54, 1.807) is 0 Å². The minimum absolute atomic E-state index is 0.791. The van der Waals surface area contributed by atoms with Gasteiger partial charge in [0.2, 0.25) is 0 Å². The molecule has 0 saturated heterocycles. The molecule has 0 aliphatic rings. The summed E-state index contributed by atoms with van der Waals surface area (Å²) in [6, 6.07) is 16.3. The zero-order valence-electron chi connectivity index (χ0n) is 9.02. The van der Waals surface area contributed by atoms with Crippen LogP contribution in [0.2, 0.25) is 0 Å². The van der Waals surface area contributed by atoms with Crippen LogP contribution in [0.15, 0.2) is 48.5 Å². The van der Waals surface area contributed by atoms with Crippen molar-refractivity contribution in [1.29, 1.82) is 0 Å². The highest BCUT2D eigenvalue weighted by Crippen LogP contribution is 2.24. The molecule has 0 bridgehead atoms. The average molecular weight is 324 g/mol. The molecule has 3 heteroatoms. The van der Waals surface area contributed by atoms with Gasteiger partial charge in [-0.05, 0) is 71.1 Å². The topological polar surface area (TPSA) is 29.3 Å². The lowest BCUT2D eigenvalue weighted by Crippen LogP contribution is -2.09. The summed E-state index contributed by atoms with van der Waals surface area (Å²) in [6.45, 7) is 0. The van der Waals surface area contributed by atoms with E-state index >= 15 is 0 Å². The van der Waals surface area contributed by atoms with Gasteiger partial charge in [0.05, 0.1) is 0 Å². The zero-order valence-corrected chi connectivity index (χ0v) is 11.2. The summed E-state index contributed by atoms with van der Waals surface area (Å²) in [5, 5.41) is 0. The molecule has 82 valence electrons. The number of nitrogens with two attached hydrogens (primary N) is 1. The van der Waals surface area contributed by atoms with Crippen molar-refractivity contribution in [2.45, 2.75) is 0 Å². The summed E-state index contributed by atoms with van der Waals surface area (Å²) in [5.41, 5.74) is 8.76. The van der Waals surface area contributed by atoms with Gasteiger partial charge in [-0.1, -0.05) is 0 Å². The van der Waals surface area contributed by atoms with Crippen molar-refractivity contribution < 1.29 is 0 Å². The van der Waals surface area contributed by atoms with Gasteiger partial charge in [0, 0.05) is 27.7 Å². The third-order valence-electron chi connectivity index (χ3n) is 2.49. The Labute approximate surface area is 109 Å². The highest BCUT2D eigenvalue weighted by molar-refractivity contribution is 14.1. The van der Waals surface area contributed by atoms with Crippen LogP contribution in [-0.4, -0.2) is 7.05 Å². The second-order valence-corrected chi connectivity index (χ2v) is 4.87. The summed E-state index contributed by atoms with van der Waals surface area (Å²) >= 11 is 2.30. The Morgan fingerprint density at radius 3 is 1.81 bits per heavy atom. The van der Waals surface area contributed by atoms with Crippen molar-refractivity contribution in [2.24, 2.45) is 0 Å². The molecule has 0 radical (unpaired) electrons. The third-order valence-corrected chi connectivity index (χ3v) is 3.21. The SMILES string of the molecule is CN(c1ccc(N)cc1)c1ccc(I)cc1. The molecule has 16 heavy (non-hydrogen) atoms. The van der Waals surface area contributed by atoms with Crippen LogP contribution >= 0.6 is 22.6 Å². The summed E-state index contributed by atoms with van der Waals surface area (Å²) in [6.07, 6.45) is 0. The molecule has 2 rings (SSSR count). The highest BCUT2D eigenvalue weighted by atomic mass is 127. The third kappa shape index (κ3) is 2.47. The van der Waals surface area contributed by atoms with E-state index in [0.717, 1.165) is 11.4 Å². The van der Waals surface area contributed by atoms with E-state index in [0.29, 0.717) is 0 Å². The minimum atomic E-state index is 0.791. The maximum atomic E-state index is 5.67. The smallest absolute Gasteiger partial charge is 0.0409 e. The monoisotopic (exact) mass is 324 g/mol. The summed E-state index contributed by atoms with van der Waals surface area (Å²) in [4.78, 5) is 2.13. The molecule has 0 atom stereocenters. The number of rotatable bonds is 2. The number of benzene rings is 2. The summed E-state index contributed by atoms with van der Waals surface area (Å²) < 4.78 is 1.24. The second kappa shape index (κ2) is 4.74. The van der Waals surface area contributed by atoms with Gasteiger partial charge in [0.15, 0.2) is 0 Å². The van der Waals surface area contributed by atoms with Gasteiger partial charge in [-0.3, -0.25) is 0 Å². The molecule has 0 saturated carbocycles. The van der Waals surface area contributed by atoms with Gasteiger partial charge in [0.1, 0.15) is 0 Å². The molecule has 0 aliphatic carbocycles. The number of nitrogen functional groups attached to an aromatic ring is 1. The Hall–Kier alpha value is -1.23. The maximum absolute atomic E-state index is 5.67. The largest absolute Gasteiger partial charge is 0.399 e. The minimum Gasteiger partial charge on any atom is -0.399 e. The van der Waals surface area contributed by atoms with Crippen molar-refractivity contribution in [3.63, 3.8) is 0 Å². The lowest BCUT2D eigenvalue weighted by molar-refractivity contribution is 1.21. The van der Waals surface area contributed by atoms with E-state index in [1.165, 1.54) is 9.26 Å². The molecule has 0 fully saturated rings. The van der Waals surface area contributed by atoms with Crippen LogP contribution in [0.5, 0.6) is 0 Å². The molecule has 0 heterocycles. The molecule has 0 unspecified atom stereocenters. The van der Waals surface area contributed by atoms with Gasteiger partial charge in [-0.25, -0.2) is 0 Å². The Morgan fingerprint density at radius 1 is 0.875 bits per heavy atom. The summed E-state index contributed by atoms with van der Waals surface area (Å²) in [7, 11) is 2.05. The Morgan fingerprint density at radius 2 is 1.31 bits per heavy atom. The van der Waals surface area contributed by atoms with E-state index in [2.05, 4.69) is 51.8 Å². The number of anilines is 3. The fourth-order valence-electron chi connectivity index (χ4n) is 1.51. The lowest BCUT2D eigenvalue weighted by Gasteiger charge is -2.19. The van der Waals surface area contributed by atoms with Crippen LogP contribution in [0, 0.1) is 3.57 Å². The fraction of sp³-hybridized carbons (Fsp3) is 0.0769. The van der Waals surface area contributed by atoms with Gasteiger partial charge >= 0.3 is 0 Å². The molecule has 0 aromatic heterocycles. The first kappa shape index (κ1) is 11.3. The average Bonchev–Trinajstić information content (AvgIpc) is 2.30. The molecular weight excluding hydrogens is 311 g/mol. The molecular formula is C13H13IN2. The van der Waals surface area contributed by atoms with Crippen molar-refractivity contribution >= 4 is 39.7 Å². The van der Waals surface area contributed by atoms with E-state index in [-0.39, 0.29) is 0 Å². The molecule has 2 aromatic carbocycles. The molecule has 2 aromatic rings. The van der Waals surface area contributed by atoms with Crippen LogP contribution in [0.25, 0.3) is 0 Å². The molecule has 0 spiro atoms. The van der Waals surface area contributed by atoms with Crippen molar-refractivity contribution in [2.75, 3.05) is 17.7 Å². The highest BCUT2D eigenvalue weighted by Gasteiger charge is 2.02. The van der Waals surface area contributed by atoms with Crippen LogP contribution in [0.1, 0.15) is 0 Å². The lowest BCUT2D eigenvalue weighted by atomic mass is 10.2. The predicted molar refractivity (Wildman–Crippen MR) is 78.1 cm³/mol. The van der Waals surface area contributed by atoms with Crippen molar-refractivity contribution in [3.05, 3.63) is 52.1 Å². The van der Waals surface area contributed by atoms with Crippen LogP contribution in [0.4, 0.5) is 17.1 Å². The van der Waals surface area contributed by atoms with E-state index in [4.69, 9.17) is 5.73 Å². The first-order valence-corrected chi connectivity index (χ1v) is 6.09. The Kier molecular flexibility index (Phi) is 3.33. The molecule has 0 amide bonds. The van der Waals surface area contributed by atoms with Gasteiger partial charge < -0.3 is 10.6 Å². The van der Waals surface area contributed by atoms with Crippen LogP contribution in [0.3, 0.4) is 0 Å². The van der Waals surface area contributed by atoms with Gasteiger partial charge in [-0.2, -0.15) is 0 Å². The number of nitrogens with zero attached hydrogens (tertiary/aromatic N) is 1. The van der Waals surface area contributed by atoms with Crippen molar-refractivity contribution in [3.8, 4) is 0 Å². The van der Waals surface area contributed by atoms with Crippen LogP contribution < -0.4 is 10.6 Å². The first-order chi connectivity index (χ1) is 7.66. The number of halogens is 1. The normalized spacial score (nSPS) is 10.1. The Balaban J connectivity index is 2.28. The summed E-state index contributed by atoms with van der Waals surface area (Å²) in [5.74, 6) is 0. The second-order valence-electron chi connectivity index (χ2n) is 3.63. The standard InChI is InChI=1S/C13H13IN2/c1-16(12-6-2-10(14)3-7-12)13-8-4-11(15)5-9-13/h2-9H,15H2,1H3. The van der Waals surface area contributed by atoms with Gasteiger partial charge in [0.25, 0.3) is 0 Å². The van der Waals surface area contributed by atoms with Crippen LogP contribution in [-0.2, 0) is 0 Å².